The van der Waals surface area contributed by atoms with Gasteiger partial charge in [0.15, 0.2) is 0 Å². The molecule has 1 atom stereocenters. The number of rotatable bonds is 5. The molecule has 0 aliphatic heterocycles. The van der Waals surface area contributed by atoms with Crippen molar-refractivity contribution in [1.82, 2.24) is 5.32 Å². The van der Waals surface area contributed by atoms with Crippen LogP contribution in [0.2, 0.25) is 0 Å². The number of nitrogens with one attached hydrogen (secondary N) is 1. The maximum absolute atomic E-state index is 11.5. The zero-order valence-electron chi connectivity index (χ0n) is 9.50. The molecule has 88 valence electrons. The summed E-state index contributed by atoms with van der Waals surface area (Å²) in [6, 6.07) is 0. The molecule has 1 saturated carbocycles. The Kier molecular flexibility index (Phi) is 5.65. The maximum atomic E-state index is 11.5. The number of carbonyl (C=O) groups excluding carboxylic acids is 1. The highest BCUT2D eigenvalue weighted by molar-refractivity contribution is 5.80. The van der Waals surface area contributed by atoms with E-state index in [0.717, 1.165) is 6.54 Å². The van der Waals surface area contributed by atoms with Crippen molar-refractivity contribution in [2.75, 3.05) is 20.2 Å². The van der Waals surface area contributed by atoms with Gasteiger partial charge in [-0.2, -0.15) is 0 Å². The molecule has 1 rings (SSSR count). The van der Waals surface area contributed by atoms with E-state index in [0.29, 0.717) is 5.92 Å². The van der Waals surface area contributed by atoms with Crippen LogP contribution in [0.15, 0.2) is 0 Å². The van der Waals surface area contributed by atoms with E-state index in [1.807, 2.05) is 0 Å². The summed E-state index contributed by atoms with van der Waals surface area (Å²) in [5, 5.41) is 2.91. The van der Waals surface area contributed by atoms with Crippen LogP contribution in [0.1, 0.15) is 32.1 Å². The molecule has 1 aliphatic rings. The number of nitrogens with two attached hydrogens (primary N) is 1. The first-order valence-corrected chi connectivity index (χ1v) is 5.78. The smallest absolute Gasteiger partial charge is 0.250 e. The van der Waals surface area contributed by atoms with Crippen molar-refractivity contribution in [3.05, 3.63) is 0 Å². The first-order chi connectivity index (χ1) is 7.27. The SMILES string of the molecule is COC(CN)C(=O)NCC1CCCCC1. The summed E-state index contributed by atoms with van der Waals surface area (Å²) in [4.78, 5) is 11.5. The molecule has 0 aromatic rings. The van der Waals surface area contributed by atoms with Crippen molar-refractivity contribution in [3.8, 4) is 0 Å². The average Bonchev–Trinajstić information content (AvgIpc) is 2.29. The first-order valence-electron chi connectivity index (χ1n) is 5.78. The Balaban J connectivity index is 2.20. The number of methoxy groups -OCH3 is 1. The van der Waals surface area contributed by atoms with E-state index in [1.165, 1.54) is 39.2 Å². The van der Waals surface area contributed by atoms with Gasteiger partial charge in [-0.15, -0.1) is 0 Å². The van der Waals surface area contributed by atoms with Crippen LogP contribution in [0, 0.1) is 5.92 Å². The third-order valence-electron chi connectivity index (χ3n) is 3.08. The minimum absolute atomic E-state index is 0.0782. The highest BCUT2D eigenvalue weighted by atomic mass is 16.5. The van der Waals surface area contributed by atoms with Crippen molar-refractivity contribution < 1.29 is 9.53 Å². The van der Waals surface area contributed by atoms with Gasteiger partial charge in [-0.3, -0.25) is 4.79 Å². The Hall–Kier alpha value is -0.610. The van der Waals surface area contributed by atoms with Gasteiger partial charge in [0, 0.05) is 20.2 Å². The highest BCUT2D eigenvalue weighted by Gasteiger charge is 2.18. The summed E-state index contributed by atoms with van der Waals surface area (Å²) >= 11 is 0. The summed E-state index contributed by atoms with van der Waals surface area (Å²) in [7, 11) is 1.51. The van der Waals surface area contributed by atoms with E-state index < -0.39 is 6.10 Å². The fourth-order valence-corrected chi connectivity index (χ4v) is 2.06. The molecule has 1 unspecified atom stereocenters. The monoisotopic (exact) mass is 214 g/mol. The topological polar surface area (TPSA) is 64.3 Å². The lowest BCUT2D eigenvalue weighted by Crippen LogP contribution is -2.42. The fraction of sp³-hybridized carbons (Fsp3) is 0.909. The normalized spacial score (nSPS) is 19.9. The van der Waals surface area contributed by atoms with E-state index in [1.54, 1.807) is 0 Å². The Morgan fingerprint density at radius 3 is 2.67 bits per heavy atom. The zero-order chi connectivity index (χ0) is 11.1. The van der Waals surface area contributed by atoms with Crippen molar-refractivity contribution in [2.45, 2.75) is 38.2 Å². The highest BCUT2D eigenvalue weighted by Crippen LogP contribution is 2.22. The number of hydrogen-bond donors (Lipinski definition) is 2. The second-order valence-corrected chi connectivity index (χ2v) is 4.21. The summed E-state index contributed by atoms with van der Waals surface area (Å²) < 4.78 is 4.96. The van der Waals surface area contributed by atoms with Crippen LogP contribution in [0.5, 0.6) is 0 Å². The standard InChI is InChI=1S/C11H22N2O2/c1-15-10(7-12)11(14)13-8-9-5-3-2-4-6-9/h9-10H,2-8,12H2,1H3,(H,13,14). The van der Waals surface area contributed by atoms with Crippen LogP contribution in [0.3, 0.4) is 0 Å². The molecular weight excluding hydrogens is 192 g/mol. The molecule has 15 heavy (non-hydrogen) atoms. The summed E-state index contributed by atoms with van der Waals surface area (Å²) in [5.74, 6) is 0.573. The fourth-order valence-electron chi connectivity index (χ4n) is 2.06. The molecule has 0 saturated heterocycles. The van der Waals surface area contributed by atoms with Crippen LogP contribution >= 0.6 is 0 Å². The minimum Gasteiger partial charge on any atom is -0.370 e. The molecule has 0 bridgehead atoms. The van der Waals surface area contributed by atoms with Gasteiger partial charge in [-0.05, 0) is 18.8 Å². The van der Waals surface area contributed by atoms with E-state index in [2.05, 4.69) is 5.32 Å². The number of amides is 1. The van der Waals surface area contributed by atoms with Gasteiger partial charge in [0.2, 0.25) is 5.91 Å². The summed E-state index contributed by atoms with van der Waals surface area (Å²) in [6.07, 6.45) is 5.92. The molecule has 0 radical (unpaired) electrons. The van der Waals surface area contributed by atoms with Crippen LogP contribution < -0.4 is 11.1 Å². The molecule has 1 amide bonds. The average molecular weight is 214 g/mol. The predicted octanol–water partition coefficient (Wildman–Crippen LogP) is 0.657. The van der Waals surface area contributed by atoms with Gasteiger partial charge < -0.3 is 15.8 Å². The third-order valence-corrected chi connectivity index (χ3v) is 3.08. The van der Waals surface area contributed by atoms with E-state index in [4.69, 9.17) is 10.5 Å². The third kappa shape index (κ3) is 4.18. The van der Waals surface area contributed by atoms with Crippen molar-refractivity contribution in [1.29, 1.82) is 0 Å². The molecule has 1 fully saturated rings. The number of ether oxygens (including phenoxy) is 1. The summed E-state index contributed by atoms with van der Waals surface area (Å²) in [6.45, 7) is 1.02. The van der Waals surface area contributed by atoms with Gasteiger partial charge in [0.25, 0.3) is 0 Å². The van der Waals surface area contributed by atoms with Crippen LogP contribution in [0.25, 0.3) is 0 Å². The van der Waals surface area contributed by atoms with Crippen LogP contribution in [-0.2, 0) is 9.53 Å². The lowest BCUT2D eigenvalue weighted by atomic mass is 9.89. The second kappa shape index (κ2) is 6.80. The molecule has 0 spiro atoms. The molecular formula is C11H22N2O2. The lowest BCUT2D eigenvalue weighted by molar-refractivity contribution is -0.130. The largest absolute Gasteiger partial charge is 0.370 e. The van der Waals surface area contributed by atoms with E-state index in [9.17, 15) is 4.79 Å². The second-order valence-electron chi connectivity index (χ2n) is 4.21. The number of carbonyl (C=O) groups is 1. The zero-order valence-corrected chi connectivity index (χ0v) is 9.50. The Bertz CT molecular complexity index is 187. The Labute approximate surface area is 91.5 Å². The number of hydrogen-bond acceptors (Lipinski definition) is 3. The molecule has 0 heterocycles. The molecule has 3 N–H and O–H groups in total. The molecule has 4 nitrogen and oxygen atoms in total. The maximum Gasteiger partial charge on any atom is 0.250 e. The van der Waals surface area contributed by atoms with Gasteiger partial charge in [0.1, 0.15) is 6.10 Å². The van der Waals surface area contributed by atoms with Crippen molar-refractivity contribution in [3.63, 3.8) is 0 Å². The van der Waals surface area contributed by atoms with Gasteiger partial charge in [0.05, 0.1) is 0 Å². The first kappa shape index (κ1) is 12.5. The minimum atomic E-state index is -0.492. The van der Waals surface area contributed by atoms with Gasteiger partial charge in [-0.1, -0.05) is 19.3 Å². The molecule has 1 aliphatic carbocycles. The Morgan fingerprint density at radius 2 is 2.13 bits per heavy atom. The van der Waals surface area contributed by atoms with Crippen molar-refractivity contribution in [2.24, 2.45) is 11.7 Å². The Morgan fingerprint density at radius 1 is 1.47 bits per heavy atom. The van der Waals surface area contributed by atoms with E-state index >= 15 is 0 Å². The van der Waals surface area contributed by atoms with Crippen LogP contribution in [0.4, 0.5) is 0 Å². The predicted molar refractivity (Wildman–Crippen MR) is 59.4 cm³/mol. The van der Waals surface area contributed by atoms with Crippen LogP contribution in [-0.4, -0.2) is 32.2 Å². The molecule has 0 aromatic heterocycles. The molecule has 4 heteroatoms. The lowest BCUT2D eigenvalue weighted by Gasteiger charge is -2.22. The van der Waals surface area contributed by atoms with Crippen molar-refractivity contribution >= 4 is 5.91 Å². The quantitative estimate of drug-likeness (QED) is 0.706. The van der Waals surface area contributed by atoms with Gasteiger partial charge in [-0.25, -0.2) is 0 Å². The summed E-state index contributed by atoms with van der Waals surface area (Å²) in [5.41, 5.74) is 5.41. The van der Waals surface area contributed by atoms with E-state index in [-0.39, 0.29) is 12.5 Å². The molecule has 0 aromatic carbocycles. The van der Waals surface area contributed by atoms with Gasteiger partial charge >= 0.3 is 0 Å².